The molecule has 1 N–H and O–H groups in total. The van der Waals surface area contributed by atoms with Gasteiger partial charge in [-0.15, -0.1) is 0 Å². The van der Waals surface area contributed by atoms with Crippen molar-refractivity contribution in [3.63, 3.8) is 0 Å². The molecule has 0 atom stereocenters. The van der Waals surface area contributed by atoms with Crippen LogP contribution < -0.4 is 10.1 Å². The number of piperidine rings is 1. The van der Waals surface area contributed by atoms with Crippen molar-refractivity contribution < 1.29 is 31.1 Å². The highest BCUT2D eigenvalue weighted by Gasteiger charge is 2.33. The van der Waals surface area contributed by atoms with E-state index in [2.05, 4.69) is 5.32 Å². The summed E-state index contributed by atoms with van der Waals surface area (Å²) < 4.78 is 65.4. The Hall–Kier alpha value is -2.22. The van der Waals surface area contributed by atoms with Gasteiger partial charge < -0.3 is 14.8 Å². The minimum atomic E-state index is -3.85. The van der Waals surface area contributed by atoms with Crippen molar-refractivity contribution in [3.8, 4) is 5.75 Å². The molecule has 10 nitrogen and oxygen atoms in total. The number of morpholine rings is 1. The van der Waals surface area contributed by atoms with Crippen molar-refractivity contribution in [2.75, 3.05) is 51.8 Å². The van der Waals surface area contributed by atoms with Crippen LogP contribution in [0.4, 0.5) is 5.69 Å². The minimum Gasteiger partial charge on any atom is -0.495 e. The summed E-state index contributed by atoms with van der Waals surface area (Å²) in [6.45, 7) is 1.52. The Labute approximate surface area is 222 Å². The summed E-state index contributed by atoms with van der Waals surface area (Å²) in [5, 5.41) is 3.19. The van der Waals surface area contributed by atoms with E-state index >= 15 is 0 Å². The van der Waals surface area contributed by atoms with E-state index in [4.69, 9.17) is 21.1 Å². The second-order valence-electron chi connectivity index (χ2n) is 8.89. The summed E-state index contributed by atoms with van der Waals surface area (Å²) in [5.74, 6) is -0.715. The first-order valence-corrected chi connectivity index (χ1v) is 15.3. The molecule has 0 saturated carbocycles. The van der Waals surface area contributed by atoms with Gasteiger partial charge in [-0.25, -0.2) is 21.1 Å². The van der Waals surface area contributed by atoms with Crippen molar-refractivity contribution in [2.24, 2.45) is 5.92 Å². The monoisotopic (exact) mass is 571 g/mol. The first-order chi connectivity index (χ1) is 17.6. The fraction of sp³-hybridized carbons (Fsp3) is 0.458. The van der Waals surface area contributed by atoms with Gasteiger partial charge in [0.1, 0.15) is 10.6 Å². The molecule has 0 aliphatic carbocycles. The van der Waals surface area contributed by atoms with E-state index in [0.717, 1.165) is 0 Å². The maximum atomic E-state index is 13.2. The largest absolute Gasteiger partial charge is 0.495 e. The van der Waals surface area contributed by atoms with Crippen LogP contribution in [0, 0.1) is 5.92 Å². The molecule has 2 saturated heterocycles. The molecule has 0 unspecified atom stereocenters. The molecular weight excluding hydrogens is 542 g/mol. The number of amides is 1. The molecule has 13 heteroatoms. The molecule has 2 fully saturated rings. The molecule has 202 valence electrons. The fourth-order valence-corrected chi connectivity index (χ4v) is 7.89. The standard InChI is InChI=1S/C24H30ClN3O7S2/c1-34-22-7-6-20(16-23(22)37(32,33)28-12-14-35-15-13-28)26-24(29)18-8-10-27(11-9-18)36(30,31)17-19-4-2-3-5-21(19)25/h2-7,16,18H,8-15,17H2,1H3,(H,26,29). The molecule has 2 aromatic rings. The van der Waals surface area contributed by atoms with Crippen molar-refractivity contribution >= 4 is 43.2 Å². The van der Waals surface area contributed by atoms with Crippen molar-refractivity contribution in [3.05, 3.63) is 53.1 Å². The SMILES string of the molecule is COc1ccc(NC(=O)C2CCN(S(=O)(=O)Cc3ccccc3Cl)CC2)cc1S(=O)(=O)N1CCOCC1. The summed E-state index contributed by atoms with van der Waals surface area (Å²) in [4.78, 5) is 12.9. The Morgan fingerprint density at radius 3 is 2.35 bits per heavy atom. The summed E-state index contributed by atoms with van der Waals surface area (Å²) in [7, 11) is -6.04. The van der Waals surface area contributed by atoms with Gasteiger partial charge in [0, 0.05) is 42.8 Å². The topological polar surface area (TPSA) is 122 Å². The maximum absolute atomic E-state index is 13.2. The van der Waals surface area contributed by atoms with Crippen LogP contribution in [0.5, 0.6) is 5.75 Å². The molecular formula is C24H30ClN3O7S2. The lowest BCUT2D eigenvalue weighted by molar-refractivity contribution is -0.120. The Bertz CT molecular complexity index is 1340. The molecule has 4 rings (SSSR count). The number of carbonyl (C=O) groups excluding carboxylic acids is 1. The molecule has 0 spiro atoms. The normalized spacial score (nSPS) is 18.4. The van der Waals surface area contributed by atoms with E-state index in [1.165, 1.54) is 27.9 Å². The molecule has 2 heterocycles. The van der Waals surface area contributed by atoms with Gasteiger partial charge in [0.25, 0.3) is 0 Å². The van der Waals surface area contributed by atoms with Gasteiger partial charge in [0.2, 0.25) is 26.0 Å². The van der Waals surface area contributed by atoms with E-state index < -0.39 is 26.0 Å². The van der Waals surface area contributed by atoms with E-state index in [9.17, 15) is 21.6 Å². The predicted octanol–water partition coefficient (Wildman–Crippen LogP) is 2.55. The number of halogens is 1. The first kappa shape index (κ1) is 27.8. The van der Waals surface area contributed by atoms with Gasteiger partial charge in [0.05, 0.1) is 26.1 Å². The Kier molecular flexibility index (Phi) is 8.77. The third kappa shape index (κ3) is 6.44. The molecule has 1 amide bonds. The Balaban J connectivity index is 1.40. The zero-order valence-corrected chi connectivity index (χ0v) is 22.8. The van der Waals surface area contributed by atoms with Crippen LogP contribution in [0.3, 0.4) is 0 Å². The maximum Gasteiger partial charge on any atom is 0.246 e. The second kappa shape index (κ2) is 11.7. The summed E-state index contributed by atoms with van der Waals surface area (Å²) in [6, 6.07) is 11.3. The molecule has 0 bridgehead atoms. The average Bonchev–Trinajstić information content (AvgIpc) is 2.90. The van der Waals surface area contributed by atoms with Crippen LogP contribution >= 0.6 is 11.6 Å². The van der Waals surface area contributed by atoms with Crippen LogP contribution in [0.2, 0.25) is 5.02 Å². The van der Waals surface area contributed by atoms with Crippen LogP contribution in [0.25, 0.3) is 0 Å². The van der Waals surface area contributed by atoms with Gasteiger partial charge >= 0.3 is 0 Å². The van der Waals surface area contributed by atoms with E-state index in [1.807, 2.05) is 0 Å². The predicted molar refractivity (Wildman–Crippen MR) is 140 cm³/mol. The van der Waals surface area contributed by atoms with Gasteiger partial charge in [-0.2, -0.15) is 4.31 Å². The highest BCUT2D eigenvalue weighted by Crippen LogP contribution is 2.31. The van der Waals surface area contributed by atoms with E-state index in [1.54, 1.807) is 30.3 Å². The summed E-state index contributed by atoms with van der Waals surface area (Å²) >= 11 is 6.12. The number of ether oxygens (including phenoxy) is 2. The zero-order valence-electron chi connectivity index (χ0n) is 20.4. The van der Waals surface area contributed by atoms with Crippen LogP contribution in [0.1, 0.15) is 18.4 Å². The van der Waals surface area contributed by atoms with Gasteiger partial charge in [-0.05, 0) is 42.7 Å². The first-order valence-electron chi connectivity index (χ1n) is 11.9. The Morgan fingerprint density at radius 1 is 1.03 bits per heavy atom. The summed E-state index contributed by atoms with van der Waals surface area (Å²) in [6.07, 6.45) is 0.700. The highest BCUT2D eigenvalue weighted by molar-refractivity contribution is 7.89. The number of hydrogen-bond acceptors (Lipinski definition) is 7. The lowest BCUT2D eigenvalue weighted by atomic mass is 9.97. The molecule has 37 heavy (non-hydrogen) atoms. The van der Waals surface area contributed by atoms with Crippen LogP contribution in [0.15, 0.2) is 47.4 Å². The van der Waals surface area contributed by atoms with Gasteiger partial charge in [-0.1, -0.05) is 29.8 Å². The fourth-order valence-electron chi connectivity index (χ4n) is 4.43. The number of methoxy groups -OCH3 is 1. The molecule has 2 aliphatic rings. The lowest BCUT2D eigenvalue weighted by Gasteiger charge is -2.30. The number of nitrogens with one attached hydrogen (secondary N) is 1. The number of sulfonamides is 2. The average molecular weight is 572 g/mol. The van der Waals surface area contributed by atoms with Crippen molar-refractivity contribution in [1.82, 2.24) is 8.61 Å². The highest BCUT2D eigenvalue weighted by atomic mass is 35.5. The van der Waals surface area contributed by atoms with Gasteiger partial charge in [0.15, 0.2) is 0 Å². The third-order valence-corrected chi connectivity index (χ3v) is 10.6. The van der Waals surface area contributed by atoms with Crippen LogP contribution in [-0.2, 0) is 35.3 Å². The summed E-state index contributed by atoms with van der Waals surface area (Å²) in [5.41, 5.74) is 0.859. The lowest BCUT2D eigenvalue weighted by Crippen LogP contribution is -2.42. The zero-order chi connectivity index (χ0) is 26.6. The number of carbonyl (C=O) groups is 1. The number of benzene rings is 2. The number of rotatable bonds is 8. The van der Waals surface area contributed by atoms with E-state index in [-0.39, 0.29) is 48.5 Å². The molecule has 2 aliphatic heterocycles. The minimum absolute atomic E-state index is 0.0322. The van der Waals surface area contributed by atoms with E-state index in [0.29, 0.717) is 42.3 Å². The number of anilines is 1. The quantitative estimate of drug-likeness (QED) is 0.516. The molecule has 0 radical (unpaired) electrons. The second-order valence-corrected chi connectivity index (χ2v) is 13.2. The number of nitrogens with zero attached hydrogens (tertiary/aromatic N) is 2. The Morgan fingerprint density at radius 2 is 1.70 bits per heavy atom. The third-order valence-electron chi connectivity index (χ3n) is 6.53. The van der Waals surface area contributed by atoms with Crippen LogP contribution in [-0.4, -0.2) is 77.9 Å². The van der Waals surface area contributed by atoms with Gasteiger partial charge in [-0.3, -0.25) is 4.79 Å². The van der Waals surface area contributed by atoms with Crippen molar-refractivity contribution in [2.45, 2.75) is 23.5 Å². The number of hydrogen-bond donors (Lipinski definition) is 1. The molecule has 0 aromatic heterocycles. The van der Waals surface area contributed by atoms with Crippen molar-refractivity contribution in [1.29, 1.82) is 0 Å². The molecule has 2 aromatic carbocycles. The smallest absolute Gasteiger partial charge is 0.246 e.